The zero-order valence-corrected chi connectivity index (χ0v) is 14.1. The van der Waals surface area contributed by atoms with Crippen molar-refractivity contribution in [3.8, 4) is 22.4 Å². The van der Waals surface area contributed by atoms with Crippen molar-refractivity contribution in [1.29, 1.82) is 0 Å². The molecule has 0 aliphatic rings. The van der Waals surface area contributed by atoms with E-state index >= 15 is 0 Å². The number of benzene rings is 3. The molecule has 0 saturated carbocycles. The number of carbonyl (C=O) groups is 1. The van der Waals surface area contributed by atoms with E-state index < -0.39 is 5.97 Å². The Labute approximate surface area is 151 Å². The van der Waals surface area contributed by atoms with Crippen LogP contribution in [0.25, 0.3) is 33.3 Å². The lowest BCUT2D eigenvalue weighted by molar-refractivity contribution is -0.304. The molecular weight excluding hydrogens is 322 g/mol. The number of aromatic nitrogens is 1. The Morgan fingerprint density at radius 1 is 0.769 bits per heavy atom. The summed E-state index contributed by atoms with van der Waals surface area (Å²) in [6.07, 6.45) is -0.188. The second-order valence-electron chi connectivity index (χ2n) is 6.11. The molecule has 126 valence electrons. The van der Waals surface area contributed by atoms with Gasteiger partial charge in [0.25, 0.3) is 0 Å². The predicted molar refractivity (Wildman–Crippen MR) is 101 cm³/mol. The molecule has 0 amide bonds. The molecule has 0 atom stereocenters. The van der Waals surface area contributed by atoms with Crippen molar-refractivity contribution in [3.05, 3.63) is 90.5 Å². The molecule has 4 aromatic rings. The molecule has 0 saturated heterocycles. The second-order valence-corrected chi connectivity index (χ2v) is 6.11. The van der Waals surface area contributed by atoms with Gasteiger partial charge in [-0.3, -0.25) is 0 Å². The predicted octanol–water partition coefficient (Wildman–Crippen LogP) is 3.86. The minimum absolute atomic E-state index is 0.188. The molecule has 1 heterocycles. The fourth-order valence-electron chi connectivity index (χ4n) is 3.34. The molecule has 0 N–H and O–H groups in total. The Kier molecular flexibility index (Phi) is 4.20. The molecule has 0 spiro atoms. The molecule has 3 nitrogen and oxygen atoms in total. The Bertz CT molecular complexity index is 1070. The first-order valence-corrected chi connectivity index (χ1v) is 8.46. The van der Waals surface area contributed by atoms with Gasteiger partial charge in [-0.15, -0.1) is 0 Å². The number of rotatable bonds is 4. The minimum atomic E-state index is -1.11. The van der Waals surface area contributed by atoms with Crippen LogP contribution in [0.15, 0.2) is 84.9 Å². The Balaban J connectivity index is 2.13. The number of carbonyl (C=O) groups excluding carboxylic acids is 1. The normalized spacial score (nSPS) is 10.8. The average Bonchev–Trinajstić information content (AvgIpc) is 2.68. The van der Waals surface area contributed by atoms with Gasteiger partial charge in [0.05, 0.1) is 11.2 Å². The van der Waals surface area contributed by atoms with Gasteiger partial charge in [0.2, 0.25) is 0 Å². The van der Waals surface area contributed by atoms with Gasteiger partial charge in [-0.25, -0.2) is 4.98 Å². The highest BCUT2D eigenvalue weighted by Gasteiger charge is 2.17. The summed E-state index contributed by atoms with van der Waals surface area (Å²) in [5.41, 5.74) is 4.98. The summed E-state index contributed by atoms with van der Waals surface area (Å²) < 4.78 is 0. The van der Waals surface area contributed by atoms with Gasteiger partial charge < -0.3 is 9.90 Å². The number of carboxylic acid groups (broad SMARTS) is 1. The number of hydrogen-bond donors (Lipinski definition) is 0. The topological polar surface area (TPSA) is 53.0 Å². The SMILES string of the molecule is O=C([O-])Cc1c(-c2ccccc2)nc2ccccc2c1-c1ccccc1. The smallest absolute Gasteiger partial charge is 0.0751 e. The zero-order chi connectivity index (χ0) is 17.9. The molecule has 0 fully saturated rings. The van der Waals surface area contributed by atoms with Gasteiger partial charge in [-0.2, -0.15) is 0 Å². The summed E-state index contributed by atoms with van der Waals surface area (Å²) >= 11 is 0. The minimum Gasteiger partial charge on any atom is -0.550 e. The van der Waals surface area contributed by atoms with E-state index in [0.29, 0.717) is 11.3 Å². The maximum Gasteiger partial charge on any atom is 0.0751 e. The fourth-order valence-corrected chi connectivity index (χ4v) is 3.34. The van der Waals surface area contributed by atoms with Gasteiger partial charge in [-0.1, -0.05) is 78.9 Å². The summed E-state index contributed by atoms with van der Waals surface area (Å²) in [4.78, 5) is 16.3. The highest BCUT2D eigenvalue weighted by molar-refractivity contribution is 6.00. The van der Waals surface area contributed by atoms with E-state index in [1.54, 1.807) is 0 Å². The monoisotopic (exact) mass is 338 g/mol. The van der Waals surface area contributed by atoms with Crippen LogP contribution in [0.5, 0.6) is 0 Å². The van der Waals surface area contributed by atoms with E-state index in [-0.39, 0.29) is 6.42 Å². The number of para-hydroxylation sites is 1. The standard InChI is InChI=1S/C23H17NO2/c25-21(26)15-19-22(16-9-3-1-4-10-16)18-13-7-8-14-20(18)24-23(19)17-11-5-2-6-12-17/h1-14H,15H2,(H,25,26)/p-1. The molecule has 1 aromatic heterocycles. The number of hydrogen-bond acceptors (Lipinski definition) is 3. The lowest BCUT2D eigenvalue weighted by atomic mass is 9.90. The average molecular weight is 338 g/mol. The summed E-state index contributed by atoms with van der Waals surface area (Å²) in [5, 5.41) is 12.5. The van der Waals surface area contributed by atoms with E-state index in [0.717, 1.165) is 27.6 Å². The molecular formula is C23H16NO2-. The van der Waals surface area contributed by atoms with E-state index in [9.17, 15) is 9.90 Å². The van der Waals surface area contributed by atoms with E-state index in [1.165, 1.54) is 0 Å². The molecule has 0 radical (unpaired) electrons. The van der Waals surface area contributed by atoms with Crippen molar-refractivity contribution in [2.75, 3.05) is 0 Å². The maximum atomic E-state index is 11.5. The van der Waals surface area contributed by atoms with Crippen LogP contribution in [0.4, 0.5) is 0 Å². The van der Waals surface area contributed by atoms with Gasteiger partial charge in [0.1, 0.15) is 0 Å². The van der Waals surface area contributed by atoms with Crippen molar-refractivity contribution in [3.63, 3.8) is 0 Å². The molecule has 0 aliphatic carbocycles. The quantitative estimate of drug-likeness (QED) is 0.568. The molecule has 0 unspecified atom stereocenters. The number of carboxylic acids is 1. The van der Waals surface area contributed by atoms with Crippen molar-refractivity contribution in [1.82, 2.24) is 4.98 Å². The van der Waals surface area contributed by atoms with Gasteiger partial charge >= 0.3 is 0 Å². The molecule has 0 bridgehead atoms. The third-order valence-corrected chi connectivity index (χ3v) is 4.42. The summed E-state index contributed by atoms with van der Waals surface area (Å²) in [5.74, 6) is -1.11. The molecule has 4 rings (SSSR count). The van der Waals surface area contributed by atoms with Crippen molar-refractivity contribution in [2.45, 2.75) is 6.42 Å². The van der Waals surface area contributed by atoms with Crippen LogP contribution in [0.2, 0.25) is 0 Å². The first kappa shape index (κ1) is 16.0. The second kappa shape index (κ2) is 6.81. The van der Waals surface area contributed by atoms with Gasteiger partial charge in [-0.05, 0) is 22.8 Å². The first-order valence-electron chi connectivity index (χ1n) is 8.46. The highest BCUT2D eigenvalue weighted by atomic mass is 16.4. The Morgan fingerprint density at radius 2 is 1.35 bits per heavy atom. The van der Waals surface area contributed by atoms with Crippen molar-refractivity contribution >= 4 is 16.9 Å². The summed E-state index contributed by atoms with van der Waals surface area (Å²) in [7, 11) is 0. The van der Waals surface area contributed by atoms with Crippen LogP contribution in [0.1, 0.15) is 5.56 Å². The zero-order valence-electron chi connectivity index (χ0n) is 14.1. The number of nitrogens with zero attached hydrogens (tertiary/aromatic N) is 1. The third kappa shape index (κ3) is 2.95. The Morgan fingerprint density at radius 3 is 2.00 bits per heavy atom. The molecule has 0 aliphatic heterocycles. The summed E-state index contributed by atoms with van der Waals surface area (Å²) in [6.45, 7) is 0. The maximum absolute atomic E-state index is 11.5. The largest absolute Gasteiger partial charge is 0.550 e. The van der Waals surface area contributed by atoms with Crippen LogP contribution < -0.4 is 5.11 Å². The number of aliphatic carboxylic acids is 1. The molecule has 3 aromatic carbocycles. The van der Waals surface area contributed by atoms with Crippen LogP contribution in [-0.2, 0) is 11.2 Å². The van der Waals surface area contributed by atoms with Crippen molar-refractivity contribution in [2.24, 2.45) is 0 Å². The fraction of sp³-hybridized carbons (Fsp3) is 0.0435. The van der Waals surface area contributed by atoms with Crippen LogP contribution in [0, 0.1) is 0 Å². The lowest BCUT2D eigenvalue weighted by Gasteiger charge is -2.18. The highest BCUT2D eigenvalue weighted by Crippen LogP contribution is 2.37. The summed E-state index contributed by atoms with van der Waals surface area (Å²) in [6, 6.07) is 27.4. The van der Waals surface area contributed by atoms with Crippen molar-refractivity contribution < 1.29 is 9.90 Å². The van der Waals surface area contributed by atoms with Crippen LogP contribution in [0.3, 0.4) is 0 Å². The van der Waals surface area contributed by atoms with E-state index in [2.05, 4.69) is 0 Å². The number of fused-ring (bicyclic) bond motifs is 1. The lowest BCUT2D eigenvalue weighted by Crippen LogP contribution is -2.25. The third-order valence-electron chi connectivity index (χ3n) is 4.42. The van der Waals surface area contributed by atoms with E-state index in [1.807, 2.05) is 84.9 Å². The van der Waals surface area contributed by atoms with Gasteiger partial charge in [0, 0.05) is 23.3 Å². The van der Waals surface area contributed by atoms with Gasteiger partial charge in [0.15, 0.2) is 0 Å². The van der Waals surface area contributed by atoms with Crippen LogP contribution >= 0.6 is 0 Å². The first-order chi connectivity index (χ1) is 12.7. The van der Waals surface area contributed by atoms with E-state index in [4.69, 9.17) is 4.98 Å². The van der Waals surface area contributed by atoms with Crippen LogP contribution in [-0.4, -0.2) is 11.0 Å². The Hall–Kier alpha value is -3.46. The number of pyridine rings is 1. The molecule has 26 heavy (non-hydrogen) atoms. The molecule has 3 heteroatoms.